The van der Waals surface area contributed by atoms with Gasteiger partial charge < -0.3 is 15.8 Å². The number of nitrogens with two attached hydrogens (primary N) is 1. The number of nitro groups is 1. The van der Waals surface area contributed by atoms with E-state index in [0.717, 1.165) is 0 Å². The lowest BCUT2D eigenvalue weighted by Crippen LogP contribution is -2.15. The largest absolute Gasteiger partial charge is 0.496 e. The number of carbonyl (C=O) groups is 1. The minimum absolute atomic E-state index is 0.0778. The standard InChI is InChI=1S/C10H13N3O4/c1-17-9-5-7(12-3-2-10(11)14)4-8(6-9)13(15)16/h4-6,12H,2-3H2,1H3,(H2,11,14). The number of hydrogen-bond donors (Lipinski definition) is 2. The summed E-state index contributed by atoms with van der Waals surface area (Å²) in [5.74, 6) is -0.0596. The van der Waals surface area contributed by atoms with Gasteiger partial charge in [0.15, 0.2) is 0 Å². The molecule has 0 aliphatic carbocycles. The Labute approximate surface area is 97.7 Å². The van der Waals surface area contributed by atoms with Crippen molar-refractivity contribution in [3.05, 3.63) is 28.3 Å². The molecule has 7 heteroatoms. The third-order valence-electron chi connectivity index (χ3n) is 2.04. The van der Waals surface area contributed by atoms with Crippen molar-refractivity contribution >= 4 is 17.3 Å². The van der Waals surface area contributed by atoms with Crippen LogP contribution >= 0.6 is 0 Å². The van der Waals surface area contributed by atoms with Gasteiger partial charge in [0.25, 0.3) is 5.69 Å². The van der Waals surface area contributed by atoms with Crippen LogP contribution in [-0.4, -0.2) is 24.5 Å². The van der Waals surface area contributed by atoms with Gasteiger partial charge in [-0.3, -0.25) is 14.9 Å². The first-order chi connectivity index (χ1) is 8.02. The molecule has 0 unspecified atom stereocenters. The van der Waals surface area contributed by atoms with Crippen LogP contribution in [-0.2, 0) is 4.79 Å². The Kier molecular flexibility index (Phi) is 4.27. The Morgan fingerprint density at radius 3 is 2.76 bits per heavy atom. The average molecular weight is 239 g/mol. The second-order valence-corrected chi connectivity index (χ2v) is 3.32. The van der Waals surface area contributed by atoms with Gasteiger partial charge in [-0.1, -0.05) is 0 Å². The third kappa shape index (κ3) is 3.98. The Hall–Kier alpha value is -2.31. The fourth-order valence-electron chi connectivity index (χ4n) is 1.24. The zero-order valence-electron chi connectivity index (χ0n) is 9.30. The molecule has 0 bridgehead atoms. The summed E-state index contributed by atoms with van der Waals surface area (Å²) in [5, 5.41) is 13.5. The van der Waals surface area contributed by atoms with E-state index in [1.165, 1.54) is 19.2 Å². The zero-order valence-corrected chi connectivity index (χ0v) is 9.30. The molecule has 0 saturated heterocycles. The topological polar surface area (TPSA) is 107 Å². The number of nitrogens with zero attached hydrogens (tertiary/aromatic N) is 1. The molecule has 0 saturated carbocycles. The van der Waals surface area contributed by atoms with Gasteiger partial charge in [-0.05, 0) is 0 Å². The molecular formula is C10H13N3O4. The van der Waals surface area contributed by atoms with Crippen molar-refractivity contribution in [3.8, 4) is 5.75 Å². The Morgan fingerprint density at radius 2 is 2.24 bits per heavy atom. The van der Waals surface area contributed by atoms with Crippen LogP contribution in [0.1, 0.15) is 6.42 Å². The first kappa shape index (κ1) is 12.8. The minimum atomic E-state index is -0.512. The maximum Gasteiger partial charge on any atom is 0.275 e. The molecule has 0 radical (unpaired) electrons. The zero-order chi connectivity index (χ0) is 12.8. The highest BCUT2D eigenvalue weighted by atomic mass is 16.6. The van der Waals surface area contributed by atoms with Crippen LogP contribution in [0.5, 0.6) is 5.75 Å². The molecule has 1 aromatic carbocycles. The van der Waals surface area contributed by atoms with E-state index in [9.17, 15) is 14.9 Å². The molecule has 1 rings (SSSR count). The first-order valence-corrected chi connectivity index (χ1v) is 4.88. The molecule has 0 heterocycles. The molecular weight excluding hydrogens is 226 g/mol. The van der Waals surface area contributed by atoms with Gasteiger partial charge in [0.05, 0.1) is 18.1 Å². The van der Waals surface area contributed by atoms with Gasteiger partial charge in [-0.2, -0.15) is 0 Å². The normalized spacial score (nSPS) is 9.71. The van der Waals surface area contributed by atoms with Gasteiger partial charge in [0.2, 0.25) is 5.91 Å². The van der Waals surface area contributed by atoms with Crippen LogP contribution in [0.3, 0.4) is 0 Å². The fraction of sp³-hybridized carbons (Fsp3) is 0.300. The lowest BCUT2D eigenvalue weighted by Gasteiger charge is -2.07. The van der Waals surface area contributed by atoms with Crippen molar-refractivity contribution in [1.29, 1.82) is 0 Å². The lowest BCUT2D eigenvalue weighted by atomic mass is 10.2. The Morgan fingerprint density at radius 1 is 1.53 bits per heavy atom. The highest BCUT2D eigenvalue weighted by Crippen LogP contribution is 2.25. The number of ether oxygens (including phenoxy) is 1. The van der Waals surface area contributed by atoms with Gasteiger partial charge in [0, 0.05) is 30.8 Å². The maximum absolute atomic E-state index is 10.7. The summed E-state index contributed by atoms with van der Waals surface area (Å²) in [7, 11) is 1.42. The molecule has 1 aromatic rings. The number of hydrogen-bond acceptors (Lipinski definition) is 5. The summed E-state index contributed by atoms with van der Waals surface area (Å²) < 4.78 is 4.94. The Bertz CT molecular complexity index is 434. The van der Waals surface area contributed by atoms with Crippen molar-refractivity contribution in [1.82, 2.24) is 0 Å². The van der Waals surface area contributed by atoms with Crippen molar-refractivity contribution < 1.29 is 14.5 Å². The molecule has 92 valence electrons. The van der Waals surface area contributed by atoms with Crippen molar-refractivity contribution in [2.24, 2.45) is 5.73 Å². The van der Waals surface area contributed by atoms with Crippen molar-refractivity contribution in [2.45, 2.75) is 6.42 Å². The molecule has 17 heavy (non-hydrogen) atoms. The number of nitro benzene ring substituents is 1. The summed E-state index contributed by atoms with van der Waals surface area (Å²) in [6.07, 6.45) is 0.158. The number of rotatable bonds is 6. The number of methoxy groups -OCH3 is 1. The van der Waals surface area contributed by atoms with E-state index in [0.29, 0.717) is 18.0 Å². The number of primary amides is 1. The number of amides is 1. The Balaban J connectivity index is 2.80. The van der Waals surface area contributed by atoms with E-state index in [1.807, 2.05) is 0 Å². The first-order valence-electron chi connectivity index (χ1n) is 4.88. The van der Waals surface area contributed by atoms with Crippen LogP contribution in [0.4, 0.5) is 11.4 Å². The monoisotopic (exact) mass is 239 g/mol. The molecule has 0 aromatic heterocycles. The van der Waals surface area contributed by atoms with E-state index in [-0.39, 0.29) is 12.1 Å². The number of non-ortho nitro benzene ring substituents is 1. The molecule has 0 spiro atoms. The molecule has 0 aliphatic heterocycles. The number of anilines is 1. The van der Waals surface area contributed by atoms with E-state index < -0.39 is 10.8 Å². The van der Waals surface area contributed by atoms with E-state index in [1.54, 1.807) is 6.07 Å². The quantitative estimate of drug-likeness (QED) is 0.566. The van der Waals surface area contributed by atoms with Crippen LogP contribution in [0, 0.1) is 10.1 Å². The lowest BCUT2D eigenvalue weighted by molar-refractivity contribution is -0.384. The molecule has 1 amide bonds. The SMILES string of the molecule is COc1cc(NCCC(N)=O)cc([N+](=O)[O-])c1. The van der Waals surface area contributed by atoms with Gasteiger partial charge in [-0.15, -0.1) is 0 Å². The van der Waals surface area contributed by atoms with Gasteiger partial charge in [-0.25, -0.2) is 0 Å². The minimum Gasteiger partial charge on any atom is -0.496 e. The van der Waals surface area contributed by atoms with Crippen LogP contribution < -0.4 is 15.8 Å². The molecule has 7 nitrogen and oxygen atoms in total. The second kappa shape index (κ2) is 5.69. The summed E-state index contributed by atoms with van der Waals surface area (Å²) in [6.45, 7) is 0.319. The van der Waals surface area contributed by atoms with E-state index >= 15 is 0 Å². The highest BCUT2D eigenvalue weighted by Gasteiger charge is 2.10. The maximum atomic E-state index is 10.7. The molecule has 0 atom stereocenters. The summed E-state index contributed by atoms with van der Waals surface area (Å²) in [6, 6.07) is 4.29. The van der Waals surface area contributed by atoms with Crippen LogP contribution in [0.25, 0.3) is 0 Å². The van der Waals surface area contributed by atoms with Crippen LogP contribution in [0.2, 0.25) is 0 Å². The smallest absolute Gasteiger partial charge is 0.275 e. The molecule has 3 N–H and O–H groups in total. The molecule has 0 aliphatic rings. The molecule has 0 fully saturated rings. The van der Waals surface area contributed by atoms with Crippen LogP contribution in [0.15, 0.2) is 18.2 Å². The second-order valence-electron chi connectivity index (χ2n) is 3.32. The summed E-state index contributed by atoms with van der Waals surface area (Å²) >= 11 is 0. The van der Waals surface area contributed by atoms with Crippen molar-refractivity contribution in [2.75, 3.05) is 19.0 Å². The number of benzene rings is 1. The average Bonchev–Trinajstić information content (AvgIpc) is 2.28. The van der Waals surface area contributed by atoms with Gasteiger partial charge >= 0.3 is 0 Å². The van der Waals surface area contributed by atoms with Crippen molar-refractivity contribution in [3.63, 3.8) is 0 Å². The van der Waals surface area contributed by atoms with E-state index in [2.05, 4.69) is 5.32 Å². The third-order valence-corrected chi connectivity index (χ3v) is 2.04. The summed E-state index contributed by atoms with van der Waals surface area (Å²) in [4.78, 5) is 20.7. The number of carbonyl (C=O) groups excluding carboxylic acids is 1. The van der Waals surface area contributed by atoms with E-state index in [4.69, 9.17) is 10.5 Å². The number of nitrogens with one attached hydrogen (secondary N) is 1. The van der Waals surface area contributed by atoms with Gasteiger partial charge in [0.1, 0.15) is 5.75 Å². The predicted octanol–water partition coefficient (Wildman–Crippen LogP) is 0.891. The summed E-state index contributed by atoms with van der Waals surface area (Å²) in [5.41, 5.74) is 5.41. The predicted molar refractivity (Wildman–Crippen MR) is 61.9 cm³/mol. The fourth-order valence-corrected chi connectivity index (χ4v) is 1.24. The highest BCUT2D eigenvalue weighted by molar-refractivity contribution is 5.74.